The summed E-state index contributed by atoms with van der Waals surface area (Å²) in [5.74, 6) is 0.355. The molecule has 0 fully saturated rings. The average molecular weight is 412 g/mol. The zero-order valence-electron chi connectivity index (χ0n) is 16.9. The van der Waals surface area contributed by atoms with E-state index in [0.717, 1.165) is 16.3 Å². The summed E-state index contributed by atoms with van der Waals surface area (Å²) in [5, 5.41) is 6.04. The smallest absolute Gasteiger partial charge is 0.338 e. The van der Waals surface area contributed by atoms with Crippen LogP contribution in [0.5, 0.6) is 0 Å². The lowest BCUT2D eigenvalue weighted by atomic mass is 10.1. The Kier molecular flexibility index (Phi) is 5.89. The van der Waals surface area contributed by atoms with E-state index in [-0.39, 0.29) is 11.9 Å². The molecule has 4 rings (SSSR count). The zero-order chi connectivity index (χ0) is 21.6. The number of benzene rings is 3. The van der Waals surface area contributed by atoms with E-state index >= 15 is 0 Å². The molecule has 0 saturated heterocycles. The normalized spacial score (nSPS) is 11.0. The van der Waals surface area contributed by atoms with Gasteiger partial charge >= 0.3 is 5.97 Å². The van der Waals surface area contributed by atoms with Gasteiger partial charge in [-0.15, -0.1) is 0 Å². The number of hydrogen-bond acceptors (Lipinski definition) is 5. The van der Waals surface area contributed by atoms with Crippen LogP contribution >= 0.6 is 0 Å². The lowest BCUT2D eigenvalue weighted by Gasteiger charge is -2.03. The van der Waals surface area contributed by atoms with Gasteiger partial charge in [-0.25, -0.2) is 10.2 Å². The molecule has 6 nitrogen and oxygen atoms in total. The molecule has 1 aromatic heterocycles. The fraction of sp³-hybridized carbons (Fsp3) is 0.0800. The molecule has 1 N–H and O–H groups in total. The van der Waals surface area contributed by atoms with Crippen LogP contribution in [0.4, 0.5) is 0 Å². The Bertz CT molecular complexity index is 1270. The molecule has 0 unspecified atom stereocenters. The van der Waals surface area contributed by atoms with E-state index in [1.165, 1.54) is 6.21 Å². The summed E-state index contributed by atoms with van der Waals surface area (Å²) < 4.78 is 10.8. The second kappa shape index (κ2) is 9.09. The van der Waals surface area contributed by atoms with Crippen molar-refractivity contribution in [2.45, 2.75) is 6.92 Å². The summed E-state index contributed by atoms with van der Waals surface area (Å²) in [7, 11) is 0. The van der Waals surface area contributed by atoms with Crippen molar-refractivity contribution in [2.24, 2.45) is 5.10 Å². The van der Waals surface area contributed by atoms with Crippen molar-refractivity contribution >= 4 is 28.9 Å². The maximum Gasteiger partial charge on any atom is 0.338 e. The highest BCUT2D eigenvalue weighted by Crippen LogP contribution is 2.23. The van der Waals surface area contributed by atoms with E-state index in [1.54, 1.807) is 43.3 Å². The monoisotopic (exact) mass is 412 g/mol. The summed E-state index contributed by atoms with van der Waals surface area (Å²) in [6.07, 6.45) is 1.43. The third-order valence-corrected chi connectivity index (χ3v) is 4.65. The molecule has 0 aliphatic heterocycles. The number of nitrogens with zero attached hydrogens (tertiary/aromatic N) is 1. The first kappa shape index (κ1) is 20.1. The molecule has 0 saturated carbocycles. The number of fused-ring (bicyclic) bond motifs is 1. The molecule has 0 spiro atoms. The van der Waals surface area contributed by atoms with E-state index in [0.29, 0.717) is 29.3 Å². The van der Waals surface area contributed by atoms with E-state index in [1.807, 2.05) is 42.5 Å². The number of amides is 1. The van der Waals surface area contributed by atoms with Gasteiger partial charge < -0.3 is 9.15 Å². The van der Waals surface area contributed by atoms with Crippen LogP contribution in [0.25, 0.3) is 22.1 Å². The van der Waals surface area contributed by atoms with Crippen LogP contribution in [0, 0.1) is 0 Å². The van der Waals surface area contributed by atoms with Gasteiger partial charge in [-0.05, 0) is 54.1 Å². The SMILES string of the molecule is CCOC(=O)c1cccc(-c2ccc(/C=N\NC(=O)c3ccc4ccccc4c3)o2)c1. The van der Waals surface area contributed by atoms with E-state index < -0.39 is 0 Å². The summed E-state index contributed by atoms with van der Waals surface area (Å²) in [6.45, 7) is 2.08. The van der Waals surface area contributed by atoms with Crippen LogP contribution in [0.2, 0.25) is 0 Å². The third kappa shape index (κ3) is 4.70. The first-order valence-electron chi connectivity index (χ1n) is 9.83. The largest absolute Gasteiger partial charge is 0.462 e. The highest BCUT2D eigenvalue weighted by molar-refractivity contribution is 5.99. The molecule has 0 radical (unpaired) electrons. The lowest BCUT2D eigenvalue weighted by Crippen LogP contribution is -2.17. The second-order valence-corrected chi connectivity index (χ2v) is 6.76. The van der Waals surface area contributed by atoms with E-state index in [9.17, 15) is 9.59 Å². The van der Waals surface area contributed by atoms with Gasteiger partial charge in [0.25, 0.3) is 5.91 Å². The maximum absolute atomic E-state index is 12.4. The Morgan fingerprint density at radius 1 is 0.935 bits per heavy atom. The van der Waals surface area contributed by atoms with Gasteiger partial charge in [0.1, 0.15) is 11.5 Å². The predicted molar refractivity (Wildman–Crippen MR) is 119 cm³/mol. The topological polar surface area (TPSA) is 80.9 Å². The number of hydrazone groups is 1. The Balaban J connectivity index is 1.43. The van der Waals surface area contributed by atoms with Gasteiger partial charge in [0.2, 0.25) is 0 Å². The first-order chi connectivity index (χ1) is 15.1. The van der Waals surface area contributed by atoms with Gasteiger partial charge in [0.15, 0.2) is 0 Å². The molecule has 1 amide bonds. The van der Waals surface area contributed by atoms with Crippen LogP contribution in [0.15, 0.2) is 88.4 Å². The molecular formula is C25H20N2O4. The number of ether oxygens (including phenoxy) is 1. The fourth-order valence-electron chi connectivity index (χ4n) is 3.14. The van der Waals surface area contributed by atoms with Crippen molar-refractivity contribution in [3.05, 3.63) is 95.7 Å². The van der Waals surface area contributed by atoms with Crippen molar-refractivity contribution in [2.75, 3.05) is 6.61 Å². The van der Waals surface area contributed by atoms with Gasteiger partial charge in [0, 0.05) is 11.1 Å². The molecule has 0 aliphatic rings. The Hall–Kier alpha value is -4.19. The maximum atomic E-state index is 12.4. The van der Waals surface area contributed by atoms with Gasteiger partial charge in [-0.1, -0.05) is 42.5 Å². The first-order valence-corrected chi connectivity index (χ1v) is 9.83. The zero-order valence-corrected chi connectivity index (χ0v) is 16.9. The summed E-state index contributed by atoms with van der Waals surface area (Å²) >= 11 is 0. The highest BCUT2D eigenvalue weighted by atomic mass is 16.5. The van der Waals surface area contributed by atoms with Crippen molar-refractivity contribution in [3.63, 3.8) is 0 Å². The second-order valence-electron chi connectivity index (χ2n) is 6.76. The molecule has 0 atom stereocenters. The van der Waals surface area contributed by atoms with Crippen molar-refractivity contribution in [3.8, 4) is 11.3 Å². The van der Waals surface area contributed by atoms with Crippen LogP contribution in [-0.2, 0) is 4.74 Å². The van der Waals surface area contributed by atoms with Crippen LogP contribution in [0.1, 0.15) is 33.4 Å². The minimum atomic E-state index is -0.380. The molecule has 6 heteroatoms. The van der Waals surface area contributed by atoms with Crippen LogP contribution in [0.3, 0.4) is 0 Å². The van der Waals surface area contributed by atoms with E-state index in [4.69, 9.17) is 9.15 Å². The van der Waals surface area contributed by atoms with Crippen LogP contribution < -0.4 is 5.43 Å². The van der Waals surface area contributed by atoms with Gasteiger partial charge in [0.05, 0.1) is 18.4 Å². The van der Waals surface area contributed by atoms with Gasteiger partial charge in [-0.2, -0.15) is 5.10 Å². The number of rotatable bonds is 6. The van der Waals surface area contributed by atoms with E-state index in [2.05, 4.69) is 10.5 Å². The summed E-state index contributed by atoms with van der Waals surface area (Å²) in [4.78, 5) is 24.3. The molecule has 0 aliphatic carbocycles. The molecule has 154 valence electrons. The molecule has 31 heavy (non-hydrogen) atoms. The van der Waals surface area contributed by atoms with Crippen LogP contribution in [-0.4, -0.2) is 24.7 Å². The highest BCUT2D eigenvalue weighted by Gasteiger charge is 2.10. The third-order valence-electron chi connectivity index (χ3n) is 4.65. The molecule has 0 bridgehead atoms. The number of carbonyl (C=O) groups is 2. The number of furan rings is 1. The van der Waals surface area contributed by atoms with Crippen molar-refractivity contribution in [1.82, 2.24) is 5.43 Å². The molecule has 3 aromatic carbocycles. The summed E-state index contributed by atoms with van der Waals surface area (Å²) in [5.41, 5.74) is 4.22. The minimum Gasteiger partial charge on any atom is -0.462 e. The Morgan fingerprint density at radius 2 is 1.77 bits per heavy atom. The quantitative estimate of drug-likeness (QED) is 0.273. The summed E-state index contributed by atoms with van der Waals surface area (Å²) in [6, 6.07) is 23.8. The number of esters is 1. The number of hydrogen-bond donors (Lipinski definition) is 1. The lowest BCUT2D eigenvalue weighted by molar-refractivity contribution is 0.0526. The standard InChI is InChI=1S/C25H20N2O4/c1-2-30-25(29)21-9-5-8-19(15-21)23-13-12-22(31-23)16-26-27-24(28)20-11-10-17-6-3-4-7-18(17)14-20/h3-16H,2H2,1H3,(H,27,28)/b26-16-. The Morgan fingerprint density at radius 3 is 2.61 bits per heavy atom. The fourth-order valence-corrected chi connectivity index (χ4v) is 3.14. The molecule has 4 aromatic rings. The molecule has 1 heterocycles. The predicted octanol–water partition coefficient (Wildman–Crippen LogP) is 5.04. The molecular weight excluding hydrogens is 392 g/mol. The van der Waals surface area contributed by atoms with Gasteiger partial charge in [-0.3, -0.25) is 4.79 Å². The number of nitrogens with one attached hydrogen (secondary N) is 1. The number of carbonyl (C=O) groups excluding carboxylic acids is 2. The minimum absolute atomic E-state index is 0.309. The van der Waals surface area contributed by atoms with Crippen molar-refractivity contribution < 1.29 is 18.7 Å². The van der Waals surface area contributed by atoms with Crippen molar-refractivity contribution in [1.29, 1.82) is 0 Å². The average Bonchev–Trinajstić information content (AvgIpc) is 3.28. The Labute approximate surface area is 179 Å².